The molecule has 0 aromatic heterocycles. The summed E-state index contributed by atoms with van der Waals surface area (Å²) in [6, 6.07) is 4.53. The van der Waals surface area contributed by atoms with E-state index in [1.54, 1.807) is 6.07 Å². The van der Waals surface area contributed by atoms with Crippen LogP contribution in [0.25, 0.3) is 0 Å². The molecule has 1 aromatic rings. The van der Waals surface area contributed by atoms with Crippen molar-refractivity contribution in [3.63, 3.8) is 0 Å². The van der Waals surface area contributed by atoms with E-state index in [2.05, 4.69) is 4.72 Å². The van der Waals surface area contributed by atoms with Gasteiger partial charge in [0, 0.05) is 17.2 Å². The Hall–Kier alpha value is -0.870. The summed E-state index contributed by atoms with van der Waals surface area (Å²) >= 11 is 1.97. The molecule has 1 rings (SSSR count). The first-order valence-corrected chi connectivity index (χ1v) is 8.56. The number of carbonyl (C=O) groups is 1. The number of unbranched alkanes of at least 4 members (excludes halogenated alkanes) is 1. The lowest BCUT2D eigenvalue weighted by molar-refractivity contribution is 0.0698. The highest BCUT2D eigenvalue weighted by atomic mass is 127. The Balaban J connectivity index is 3.00. The van der Waals surface area contributed by atoms with Crippen LogP contribution in [0, 0.1) is 3.57 Å². The number of nitrogens with one attached hydrogen (secondary N) is 1. The van der Waals surface area contributed by atoms with Gasteiger partial charge in [-0.3, -0.25) is 4.72 Å². The number of carboxylic acids is 1. The minimum Gasteiger partial charge on any atom is -0.478 e. The maximum Gasteiger partial charge on any atom is 0.337 e. The lowest BCUT2D eigenvalue weighted by atomic mass is 10.2. The lowest BCUT2D eigenvalue weighted by Gasteiger charge is -2.19. The highest BCUT2D eigenvalue weighted by molar-refractivity contribution is 14.1. The molecule has 0 aliphatic rings. The molecule has 20 heavy (non-hydrogen) atoms. The van der Waals surface area contributed by atoms with Crippen LogP contribution in [0.15, 0.2) is 18.2 Å². The molecule has 6 nitrogen and oxygen atoms in total. The van der Waals surface area contributed by atoms with Crippen molar-refractivity contribution < 1.29 is 18.3 Å². The van der Waals surface area contributed by atoms with Crippen LogP contribution >= 0.6 is 22.6 Å². The molecule has 2 N–H and O–H groups in total. The van der Waals surface area contributed by atoms with E-state index < -0.39 is 16.2 Å². The summed E-state index contributed by atoms with van der Waals surface area (Å²) in [6.07, 6.45) is 1.62. The van der Waals surface area contributed by atoms with Crippen LogP contribution in [0.2, 0.25) is 0 Å². The summed E-state index contributed by atoms with van der Waals surface area (Å²) in [5.74, 6) is -1.17. The van der Waals surface area contributed by atoms with E-state index in [9.17, 15) is 13.2 Å². The highest BCUT2D eigenvalue weighted by Gasteiger charge is 2.20. The van der Waals surface area contributed by atoms with E-state index in [4.69, 9.17) is 5.11 Å². The van der Waals surface area contributed by atoms with Gasteiger partial charge in [0.1, 0.15) is 0 Å². The lowest BCUT2D eigenvalue weighted by Crippen LogP contribution is -2.33. The van der Waals surface area contributed by atoms with E-state index in [-0.39, 0.29) is 11.3 Å². The molecular weight excluding hydrogens is 395 g/mol. The second kappa shape index (κ2) is 7.23. The predicted molar refractivity (Wildman–Crippen MR) is 86.2 cm³/mol. The first kappa shape index (κ1) is 17.2. The molecule has 0 spiro atoms. The van der Waals surface area contributed by atoms with E-state index in [0.717, 1.165) is 16.4 Å². The molecule has 112 valence electrons. The molecular formula is C12H17IN2O4S. The van der Waals surface area contributed by atoms with Crippen LogP contribution in [-0.2, 0) is 10.2 Å². The fraction of sp³-hybridized carbons (Fsp3) is 0.417. The maximum atomic E-state index is 12.1. The average molecular weight is 412 g/mol. The van der Waals surface area contributed by atoms with Crippen molar-refractivity contribution in [3.05, 3.63) is 27.3 Å². The van der Waals surface area contributed by atoms with Gasteiger partial charge in [-0.05, 0) is 47.2 Å². The number of aromatic carboxylic acids is 1. The first-order chi connectivity index (χ1) is 9.27. The molecule has 0 bridgehead atoms. The van der Waals surface area contributed by atoms with Crippen LogP contribution in [0.4, 0.5) is 5.69 Å². The third-order valence-electron chi connectivity index (χ3n) is 2.69. The summed E-state index contributed by atoms with van der Waals surface area (Å²) in [7, 11) is -2.27. The van der Waals surface area contributed by atoms with Gasteiger partial charge in [-0.25, -0.2) is 4.79 Å². The van der Waals surface area contributed by atoms with Gasteiger partial charge < -0.3 is 5.11 Å². The summed E-state index contributed by atoms with van der Waals surface area (Å²) in [6.45, 7) is 2.36. The standard InChI is InChI=1S/C12H17IN2O4S/c1-3-4-7-15(2)20(18,19)14-11-6-5-9(13)8-10(11)12(16)17/h5-6,8,14H,3-4,7H2,1-2H3,(H,16,17). The molecule has 0 saturated carbocycles. The topological polar surface area (TPSA) is 86.7 Å². The number of nitrogens with zero attached hydrogens (tertiary/aromatic N) is 1. The molecule has 0 radical (unpaired) electrons. The van der Waals surface area contributed by atoms with Crippen LogP contribution in [0.1, 0.15) is 30.1 Å². The Labute approximate surface area is 132 Å². The zero-order chi connectivity index (χ0) is 15.3. The number of benzene rings is 1. The number of halogens is 1. The molecule has 1 aromatic carbocycles. The van der Waals surface area contributed by atoms with Gasteiger partial charge in [0.2, 0.25) is 0 Å². The molecule has 0 atom stereocenters. The number of rotatable bonds is 7. The quantitative estimate of drug-likeness (QED) is 0.674. The Morgan fingerprint density at radius 3 is 2.65 bits per heavy atom. The number of hydrogen-bond acceptors (Lipinski definition) is 3. The van der Waals surface area contributed by atoms with E-state index in [1.807, 2.05) is 29.5 Å². The average Bonchev–Trinajstić information content (AvgIpc) is 2.37. The molecule has 0 aliphatic carbocycles. The third-order valence-corrected chi connectivity index (χ3v) is 4.84. The van der Waals surface area contributed by atoms with Gasteiger partial charge in [-0.15, -0.1) is 0 Å². The second-order valence-electron chi connectivity index (χ2n) is 4.28. The van der Waals surface area contributed by atoms with Crippen molar-refractivity contribution in [1.82, 2.24) is 4.31 Å². The van der Waals surface area contributed by atoms with Crippen LogP contribution in [-0.4, -0.2) is 37.4 Å². The fourth-order valence-corrected chi connectivity index (χ4v) is 2.97. The van der Waals surface area contributed by atoms with Crippen molar-refractivity contribution in [2.75, 3.05) is 18.3 Å². The SMILES string of the molecule is CCCCN(C)S(=O)(=O)Nc1ccc(I)cc1C(=O)O. The first-order valence-electron chi connectivity index (χ1n) is 6.05. The van der Waals surface area contributed by atoms with Gasteiger partial charge in [0.25, 0.3) is 0 Å². The molecule has 0 unspecified atom stereocenters. The molecule has 0 heterocycles. The minimum atomic E-state index is -3.74. The smallest absolute Gasteiger partial charge is 0.337 e. The van der Waals surface area contributed by atoms with Gasteiger partial charge in [-0.1, -0.05) is 13.3 Å². The minimum absolute atomic E-state index is 0.0654. The van der Waals surface area contributed by atoms with Crippen molar-refractivity contribution in [2.24, 2.45) is 0 Å². The normalized spacial score (nSPS) is 11.6. The van der Waals surface area contributed by atoms with Crippen LogP contribution in [0.3, 0.4) is 0 Å². The van der Waals surface area contributed by atoms with E-state index in [1.165, 1.54) is 23.5 Å². The summed E-state index contributed by atoms with van der Waals surface area (Å²) in [5, 5.41) is 9.12. The number of hydrogen-bond donors (Lipinski definition) is 2. The van der Waals surface area contributed by atoms with Crippen molar-refractivity contribution >= 4 is 44.5 Å². The molecule has 0 amide bonds. The van der Waals surface area contributed by atoms with Gasteiger partial charge in [0.15, 0.2) is 0 Å². The molecule has 0 saturated heterocycles. The van der Waals surface area contributed by atoms with Gasteiger partial charge in [-0.2, -0.15) is 12.7 Å². The predicted octanol–water partition coefficient (Wildman–Crippen LogP) is 2.38. The maximum absolute atomic E-state index is 12.1. The summed E-state index contributed by atoms with van der Waals surface area (Å²) < 4.78 is 28.4. The largest absolute Gasteiger partial charge is 0.478 e. The molecule has 0 fully saturated rings. The highest BCUT2D eigenvalue weighted by Crippen LogP contribution is 2.20. The zero-order valence-corrected chi connectivity index (χ0v) is 14.2. The Bertz CT molecular complexity index is 589. The van der Waals surface area contributed by atoms with Crippen molar-refractivity contribution in [1.29, 1.82) is 0 Å². The second-order valence-corrected chi connectivity index (χ2v) is 7.30. The van der Waals surface area contributed by atoms with Crippen LogP contribution in [0.5, 0.6) is 0 Å². The number of carboxylic acid groups (broad SMARTS) is 1. The summed E-state index contributed by atoms with van der Waals surface area (Å²) in [5.41, 5.74) is 0.00521. The van der Waals surface area contributed by atoms with E-state index in [0.29, 0.717) is 6.54 Å². The monoisotopic (exact) mass is 412 g/mol. The zero-order valence-electron chi connectivity index (χ0n) is 11.3. The Morgan fingerprint density at radius 1 is 1.45 bits per heavy atom. The summed E-state index contributed by atoms with van der Waals surface area (Å²) in [4.78, 5) is 11.1. The van der Waals surface area contributed by atoms with Crippen molar-refractivity contribution in [3.8, 4) is 0 Å². The van der Waals surface area contributed by atoms with Gasteiger partial charge in [0.05, 0.1) is 11.3 Å². The fourth-order valence-electron chi connectivity index (χ4n) is 1.50. The Kier molecular flexibility index (Phi) is 6.21. The Morgan fingerprint density at radius 2 is 2.10 bits per heavy atom. The van der Waals surface area contributed by atoms with E-state index >= 15 is 0 Å². The van der Waals surface area contributed by atoms with Crippen LogP contribution < -0.4 is 4.72 Å². The van der Waals surface area contributed by atoms with Gasteiger partial charge >= 0.3 is 16.2 Å². The third kappa shape index (κ3) is 4.60. The number of anilines is 1. The molecule has 8 heteroatoms. The van der Waals surface area contributed by atoms with Crippen molar-refractivity contribution in [2.45, 2.75) is 19.8 Å². The molecule has 0 aliphatic heterocycles.